The second-order valence-corrected chi connectivity index (χ2v) is 6.82. The van der Waals surface area contributed by atoms with E-state index in [1.807, 2.05) is 6.07 Å². The second kappa shape index (κ2) is 7.71. The lowest BCUT2D eigenvalue weighted by molar-refractivity contribution is -0.111. The first kappa shape index (κ1) is 17.5. The van der Waals surface area contributed by atoms with Crippen molar-refractivity contribution in [3.05, 3.63) is 75.5 Å². The SMILES string of the molecule is O=C(/C=C/c1cc(Br)ccc1F)Nc1cc(Br)ccc1-n1cncn1. The third kappa shape index (κ3) is 4.40. The molecule has 3 aromatic rings. The van der Waals surface area contributed by atoms with Gasteiger partial charge in [0.05, 0.1) is 11.4 Å². The highest BCUT2D eigenvalue weighted by molar-refractivity contribution is 9.10. The second-order valence-electron chi connectivity index (χ2n) is 4.99. The lowest BCUT2D eigenvalue weighted by Crippen LogP contribution is -2.11. The van der Waals surface area contributed by atoms with E-state index in [0.29, 0.717) is 16.9 Å². The third-order valence-electron chi connectivity index (χ3n) is 3.25. The average Bonchev–Trinajstić information content (AvgIpc) is 3.10. The molecule has 5 nitrogen and oxygen atoms in total. The quantitative estimate of drug-likeness (QED) is 0.573. The molecule has 0 unspecified atom stereocenters. The number of carbonyl (C=O) groups is 1. The van der Waals surface area contributed by atoms with Crippen molar-refractivity contribution in [2.45, 2.75) is 0 Å². The summed E-state index contributed by atoms with van der Waals surface area (Å²) in [6, 6.07) is 9.91. The zero-order chi connectivity index (χ0) is 17.8. The third-order valence-corrected chi connectivity index (χ3v) is 4.24. The molecular formula is C17H11Br2FN4O. The fourth-order valence-corrected chi connectivity index (χ4v) is 2.86. The van der Waals surface area contributed by atoms with E-state index in [9.17, 15) is 9.18 Å². The number of halogens is 3. The van der Waals surface area contributed by atoms with Crippen molar-refractivity contribution < 1.29 is 9.18 Å². The van der Waals surface area contributed by atoms with Gasteiger partial charge in [-0.2, -0.15) is 5.10 Å². The molecule has 1 N–H and O–H groups in total. The van der Waals surface area contributed by atoms with Gasteiger partial charge in [-0.15, -0.1) is 0 Å². The van der Waals surface area contributed by atoms with Crippen molar-refractivity contribution in [2.75, 3.05) is 5.32 Å². The lowest BCUT2D eigenvalue weighted by atomic mass is 10.2. The van der Waals surface area contributed by atoms with Crippen LogP contribution >= 0.6 is 31.9 Å². The zero-order valence-corrected chi connectivity index (χ0v) is 15.8. The summed E-state index contributed by atoms with van der Waals surface area (Å²) in [7, 11) is 0. The lowest BCUT2D eigenvalue weighted by Gasteiger charge is -2.10. The van der Waals surface area contributed by atoms with Crippen LogP contribution in [0.25, 0.3) is 11.8 Å². The number of carbonyl (C=O) groups excluding carboxylic acids is 1. The topological polar surface area (TPSA) is 59.8 Å². The van der Waals surface area contributed by atoms with Crippen LogP contribution < -0.4 is 5.32 Å². The molecule has 3 rings (SSSR count). The summed E-state index contributed by atoms with van der Waals surface area (Å²) in [5.41, 5.74) is 1.52. The number of hydrogen-bond donors (Lipinski definition) is 1. The van der Waals surface area contributed by atoms with Crippen LogP contribution in [-0.4, -0.2) is 20.7 Å². The molecule has 0 spiro atoms. The van der Waals surface area contributed by atoms with Crippen molar-refractivity contribution in [3.63, 3.8) is 0 Å². The van der Waals surface area contributed by atoms with E-state index >= 15 is 0 Å². The fraction of sp³-hybridized carbons (Fsp3) is 0. The van der Waals surface area contributed by atoms with Crippen LogP contribution in [0, 0.1) is 5.82 Å². The number of amides is 1. The maximum absolute atomic E-state index is 13.7. The van der Waals surface area contributed by atoms with E-state index in [0.717, 1.165) is 8.95 Å². The number of hydrogen-bond acceptors (Lipinski definition) is 3. The Balaban J connectivity index is 1.83. The Morgan fingerprint density at radius 1 is 1.16 bits per heavy atom. The van der Waals surface area contributed by atoms with E-state index in [1.165, 1.54) is 30.9 Å². The normalized spacial score (nSPS) is 11.0. The molecule has 0 radical (unpaired) electrons. The molecule has 2 aromatic carbocycles. The molecule has 0 bridgehead atoms. The minimum Gasteiger partial charge on any atom is -0.321 e. The van der Waals surface area contributed by atoms with Crippen molar-refractivity contribution in [1.29, 1.82) is 0 Å². The molecule has 0 fully saturated rings. The molecule has 8 heteroatoms. The van der Waals surface area contributed by atoms with Crippen molar-refractivity contribution in [3.8, 4) is 5.69 Å². The molecule has 1 amide bonds. The number of rotatable bonds is 4. The van der Waals surface area contributed by atoms with Gasteiger partial charge in [-0.05, 0) is 42.5 Å². The number of anilines is 1. The number of aromatic nitrogens is 3. The van der Waals surface area contributed by atoms with E-state index < -0.39 is 5.82 Å². The van der Waals surface area contributed by atoms with Crippen LogP contribution in [0.2, 0.25) is 0 Å². The first-order chi connectivity index (χ1) is 12.0. The summed E-state index contributed by atoms with van der Waals surface area (Å²) in [5.74, 6) is -0.795. The van der Waals surface area contributed by atoms with Gasteiger partial charge in [-0.25, -0.2) is 14.1 Å². The maximum Gasteiger partial charge on any atom is 0.248 e. The molecule has 1 aromatic heterocycles. The van der Waals surface area contributed by atoms with Crippen molar-refractivity contribution in [2.24, 2.45) is 0 Å². The van der Waals surface area contributed by atoms with E-state index in [2.05, 4.69) is 47.3 Å². The summed E-state index contributed by atoms with van der Waals surface area (Å²) >= 11 is 6.65. The van der Waals surface area contributed by atoms with Crippen LogP contribution in [0.3, 0.4) is 0 Å². The summed E-state index contributed by atoms with van der Waals surface area (Å²) in [5, 5.41) is 6.83. The minimum absolute atomic E-state index is 0.315. The Morgan fingerprint density at radius 3 is 2.68 bits per heavy atom. The number of nitrogens with one attached hydrogen (secondary N) is 1. The van der Waals surface area contributed by atoms with Crippen molar-refractivity contribution >= 4 is 49.5 Å². The Bertz CT molecular complexity index is 942. The van der Waals surface area contributed by atoms with E-state index in [4.69, 9.17) is 0 Å². The first-order valence-corrected chi connectivity index (χ1v) is 8.70. The molecule has 0 saturated carbocycles. The van der Waals surface area contributed by atoms with Crippen LogP contribution in [0.5, 0.6) is 0 Å². The van der Waals surface area contributed by atoms with Crippen LogP contribution in [0.15, 0.2) is 64.1 Å². The van der Waals surface area contributed by atoms with Gasteiger partial charge in [-0.1, -0.05) is 31.9 Å². The van der Waals surface area contributed by atoms with Gasteiger partial charge in [-0.3, -0.25) is 4.79 Å². The van der Waals surface area contributed by atoms with Crippen LogP contribution in [0.1, 0.15) is 5.56 Å². The molecule has 25 heavy (non-hydrogen) atoms. The largest absolute Gasteiger partial charge is 0.321 e. The highest BCUT2D eigenvalue weighted by Gasteiger charge is 2.09. The van der Waals surface area contributed by atoms with Crippen LogP contribution in [-0.2, 0) is 4.79 Å². The zero-order valence-electron chi connectivity index (χ0n) is 12.7. The van der Waals surface area contributed by atoms with Gasteiger partial charge < -0.3 is 5.32 Å². The average molecular weight is 466 g/mol. The Labute approximate surface area is 159 Å². The highest BCUT2D eigenvalue weighted by Crippen LogP contribution is 2.24. The van der Waals surface area contributed by atoms with Crippen molar-refractivity contribution in [1.82, 2.24) is 14.8 Å². The Morgan fingerprint density at radius 2 is 1.92 bits per heavy atom. The molecule has 0 aliphatic carbocycles. The van der Waals surface area contributed by atoms with Gasteiger partial charge in [0.2, 0.25) is 5.91 Å². The molecule has 1 heterocycles. The van der Waals surface area contributed by atoms with Gasteiger partial charge in [0.15, 0.2) is 0 Å². The molecule has 0 aliphatic rings. The standard InChI is InChI=1S/C17H11Br2FN4O/c18-12-2-4-14(20)11(7-12)1-6-17(25)23-15-8-13(19)3-5-16(15)24-10-21-9-22-24/h1-10H,(H,23,25)/b6-1+. The Kier molecular flexibility index (Phi) is 5.40. The number of nitrogens with zero attached hydrogens (tertiary/aromatic N) is 3. The maximum atomic E-state index is 13.7. The van der Waals surface area contributed by atoms with E-state index in [-0.39, 0.29) is 5.91 Å². The fourth-order valence-electron chi connectivity index (χ4n) is 2.12. The predicted octanol–water partition coefficient (Wildman–Crippen LogP) is 4.58. The van der Waals surface area contributed by atoms with Gasteiger partial charge in [0, 0.05) is 20.6 Å². The first-order valence-electron chi connectivity index (χ1n) is 7.11. The molecule has 0 atom stereocenters. The number of benzene rings is 2. The van der Waals surface area contributed by atoms with E-state index in [1.54, 1.807) is 28.9 Å². The monoisotopic (exact) mass is 464 g/mol. The van der Waals surface area contributed by atoms with Gasteiger partial charge in [0.1, 0.15) is 18.5 Å². The summed E-state index contributed by atoms with van der Waals surface area (Å²) in [4.78, 5) is 16.1. The minimum atomic E-state index is -0.405. The highest BCUT2D eigenvalue weighted by atomic mass is 79.9. The predicted molar refractivity (Wildman–Crippen MR) is 101 cm³/mol. The molecular weight excluding hydrogens is 455 g/mol. The van der Waals surface area contributed by atoms with Gasteiger partial charge in [0.25, 0.3) is 0 Å². The summed E-state index contributed by atoms with van der Waals surface area (Å²) < 4.78 is 16.8. The summed E-state index contributed by atoms with van der Waals surface area (Å²) in [6.07, 6.45) is 5.63. The van der Waals surface area contributed by atoms with Gasteiger partial charge >= 0.3 is 0 Å². The Hall–Kier alpha value is -2.32. The molecule has 126 valence electrons. The summed E-state index contributed by atoms with van der Waals surface area (Å²) in [6.45, 7) is 0. The molecule has 0 saturated heterocycles. The molecule has 0 aliphatic heterocycles. The van der Waals surface area contributed by atoms with Crippen LogP contribution in [0.4, 0.5) is 10.1 Å². The smallest absolute Gasteiger partial charge is 0.248 e.